The van der Waals surface area contributed by atoms with Crippen LogP contribution in [0.25, 0.3) is 0 Å². The average Bonchev–Trinajstić information content (AvgIpc) is 3.19. The second-order valence-corrected chi connectivity index (χ2v) is 7.53. The highest BCUT2D eigenvalue weighted by atomic mass is 16.2. The number of carbonyl (C=O) groups is 1. The Labute approximate surface area is 162 Å². The van der Waals surface area contributed by atoms with Crippen LogP contribution < -0.4 is 0 Å². The van der Waals surface area contributed by atoms with E-state index in [-0.39, 0.29) is 5.91 Å². The molecular formula is C24H41NO. The maximum atomic E-state index is 11.8. The van der Waals surface area contributed by atoms with Gasteiger partial charge in [0.2, 0.25) is 5.91 Å². The van der Waals surface area contributed by atoms with Gasteiger partial charge in [0.05, 0.1) is 0 Å². The molecule has 0 N–H and O–H groups in total. The van der Waals surface area contributed by atoms with E-state index < -0.39 is 0 Å². The van der Waals surface area contributed by atoms with Gasteiger partial charge in [-0.05, 0) is 25.7 Å². The van der Waals surface area contributed by atoms with Crippen molar-refractivity contribution in [3.05, 3.63) is 36.5 Å². The van der Waals surface area contributed by atoms with Crippen molar-refractivity contribution in [1.29, 1.82) is 0 Å². The molecule has 1 saturated heterocycles. The minimum Gasteiger partial charge on any atom is -0.339 e. The molecule has 26 heavy (non-hydrogen) atoms. The SMILES string of the molecule is CCCCCCCCCCCCCC=CC=CC=CC(=O)N1CCCC1. The predicted molar refractivity (Wildman–Crippen MR) is 114 cm³/mol. The third kappa shape index (κ3) is 13.0. The van der Waals surface area contributed by atoms with E-state index in [1.165, 1.54) is 70.6 Å². The van der Waals surface area contributed by atoms with Gasteiger partial charge in [0.25, 0.3) is 0 Å². The van der Waals surface area contributed by atoms with E-state index in [2.05, 4.69) is 19.1 Å². The monoisotopic (exact) mass is 359 g/mol. The molecule has 0 aromatic carbocycles. The molecule has 0 bridgehead atoms. The maximum Gasteiger partial charge on any atom is 0.246 e. The van der Waals surface area contributed by atoms with Gasteiger partial charge in [0, 0.05) is 19.2 Å². The Hall–Kier alpha value is -1.31. The summed E-state index contributed by atoms with van der Waals surface area (Å²) in [7, 11) is 0. The zero-order valence-corrected chi connectivity index (χ0v) is 17.1. The molecule has 1 rings (SSSR count). The Kier molecular flexibility index (Phi) is 15.0. The number of amides is 1. The first-order valence-electron chi connectivity index (χ1n) is 11.1. The highest BCUT2D eigenvalue weighted by Crippen LogP contribution is 2.12. The number of likely N-dealkylation sites (tertiary alicyclic amines) is 1. The van der Waals surface area contributed by atoms with Crippen LogP contribution in [0.2, 0.25) is 0 Å². The number of carbonyl (C=O) groups excluding carboxylic acids is 1. The summed E-state index contributed by atoms with van der Waals surface area (Å²) in [6, 6.07) is 0. The first kappa shape index (κ1) is 22.7. The molecule has 0 unspecified atom stereocenters. The van der Waals surface area contributed by atoms with Gasteiger partial charge in [0.15, 0.2) is 0 Å². The number of nitrogens with zero attached hydrogens (tertiary/aromatic N) is 1. The summed E-state index contributed by atoms with van der Waals surface area (Å²) < 4.78 is 0. The molecular weight excluding hydrogens is 318 g/mol. The van der Waals surface area contributed by atoms with E-state index in [9.17, 15) is 4.79 Å². The molecule has 2 nitrogen and oxygen atoms in total. The quantitative estimate of drug-likeness (QED) is 0.175. The number of rotatable bonds is 15. The highest BCUT2D eigenvalue weighted by Gasteiger charge is 2.14. The number of hydrogen-bond donors (Lipinski definition) is 0. The molecule has 0 atom stereocenters. The summed E-state index contributed by atoms with van der Waals surface area (Å²) in [4.78, 5) is 13.7. The lowest BCUT2D eigenvalue weighted by molar-refractivity contribution is -0.124. The van der Waals surface area contributed by atoms with Gasteiger partial charge >= 0.3 is 0 Å². The predicted octanol–water partition coefficient (Wildman–Crippen LogP) is 6.98. The molecule has 148 valence electrons. The summed E-state index contributed by atoms with van der Waals surface area (Å²) in [5.74, 6) is 0.150. The fourth-order valence-corrected chi connectivity index (χ4v) is 3.41. The minimum absolute atomic E-state index is 0.150. The third-order valence-electron chi connectivity index (χ3n) is 5.10. The van der Waals surface area contributed by atoms with E-state index in [0.717, 1.165) is 32.4 Å². The largest absolute Gasteiger partial charge is 0.339 e. The van der Waals surface area contributed by atoms with Crippen LogP contribution in [-0.4, -0.2) is 23.9 Å². The normalized spacial score (nSPS) is 15.2. The number of allylic oxidation sites excluding steroid dienone is 5. The van der Waals surface area contributed by atoms with Crippen molar-refractivity contribution in [3.8, 4) is 0 Å². The fraction of sp³-hybridized carbons (Fsp3) is 0.708. The molecule has 1 aliphatic heterocycles. The Bertz CT molecular complexity index is 416. The van der Waals surface area contributed by atoms with Crippen molar-refractivity contribution in [1.82, 2.24) is 4.90 Å². The topological polar surface area (TPSA) is 20.3 Å². The molecule has 1 aliphatic rings. The molecule has 0 saturated carbocycles. The van der Waals surface area contributed by atoms with Crippen LogP contribution in [0.1, 0.15) is 96.8 Å². The second kappa shape index (κ2) is 17.1. The van der Waals surface area contributed by atoms with E-state index in [0.29, 0.717) is 0 Å². The highest BCUT2D eigenvalue weighted by molar-refractivity contribution is 5.88. The van der Waals surface area contributed by atoms with Crippen LogP contribution in [0.4, 0.5) is 0 Å². The van der Waals surface area contributed by atoms with Gasteiger partial charge in [-0.2, -0.15) is 0 Å². The summed E-state index contributed by atoms with van der Waals surface area (Å²) in [6.07, 6.45) is 30.7. The van der Waals surface area contributed by atoms with Crippen molar-refractivity contribution in [2.45, 2.75) is 96.8 Å². The molecule has 0 aliphatic carbocycles. The standard InChI is InChI=1S/C24H41NO/c1-2-3-4-5-6-7-8-9-10-11-12-13-14-15-16-17-18-21-24(26)25-22-19-20-23-25/h14-18,21H,2-13,19-20,22-23H2,1H3. The van der Waals surface area contributed by atoms with E-state index >= 15 is 0 Å². The Balaban J connectivity index is 1.86. The van der Waals surface area contributed by atoms with Crippen molar-refractivity contribution in [2.24, 2.45) is 0 Å². The van der Waals surface area contributed by atoms with Crippen LogP contribution in [0.5, 0.6) is 0 Å². The molecule has 1 heterocycles. The molecule has 0 aromatic heterocycles. The van der Waals surface area contributed by atoms with Gasteiger partial charge < -0.3 is 4.90 Å². The van der Waals surface area contributed by atoms with Crippen LogP contribution in [0.15, 0.2) is 36.5 Å². The summed E-state index contributed by atoms with van der Waals surface area (Å²) >= 11 is 0. The molecule has 0 radical (unpaired) electrons. The fourth-order valence-electron chi connectivity index (χ4n) is 3.41. The lowest BCUT2D eigenvalue weighted by Crippen LogP contribution is -2.25. The minimum atomic E-state index is 0.150. The Morgan fingerprint density at radius 1 is 0.731 bits per heavy atom. The first-order chi connectivity index (χ1) is 12.8. The van der Waals surface area contributed by atoms with Crippen molar-refractivity contribution < 1.29 is 4.79 Å². The third-order valence-corrected chi connectivity index (χ3v) is 5.10. The molecule has 1 fully saturated rings. The van der Waals surface area contributed by atoms with Gasteiger partial charge in [0.1, 0.15) is 0 Å². The molecule has 0 spiro atoms. The lowest BCUT2D eigenvalue weighted by atomic mass is 10.1. The van der Waals surface area contributed by atoms with Crippen LogP contribution in [0.3, 0.4) is 0 Å². The zero-order chi connectivity index (χ0) is 18.7. The summed E-state index contributed by atoms with van der Waals surface area (Å²) in [5.41, 5.74) is 0. The van der Waals surface area contributed by atoms with Gasteiger partial charge in [-0.25, -0.2) is 0 Å². The Morgan fingerprint density at radius 3 is 1.88 bits per heavy atom. The smallest absolute Gasteiger partial charge is 0.246 e. The van der Waals surface area contributed by atoms with Crippen molar-refractivity contribution >= 4 is 5.91 Å². The Morgan fingerprint density at radius 2 is 1.27 bits per heavy atom. The molecule has 0 aromatic rings. The van der Waals surface area contributed by atoms with Gasteiger partial charge in [-0.1, -0.05) is 102 Å². The van der Waals surface area contributed by atoms with Gasteiger partial charge in [-0.3, -0.25) is 4.79 Å². The zero-order valence-electron chi connectivity index (χ0n) is 17.1. The molecule has 1 amide bonds. The van der Waals surface area contributed by atoms with Crippen molar-refractivity contribution in [3.63, 3.8) is 0 Å². The van der Waals surface area contributed by atoms with Crippen LogP contribution in [-0.2, 0) is 4.79 Å². The number of hydrogen-bond acceptors (Lipinski definition) is 1. The number of unbranched alkanes of at least 4 members (excludes halogenated alkanes) is 11. The average molecular weight is 360 g/mol. The van der Waals surface area contributed by atoms with E-state index in [1.54, 1.807) is 6.08 Å². The maximum absolute atomic E-state index is 11.8. The van der Waals surface area contributed by atoms with Gasteiger partial charge in [-0.15, -0.1) is 0 Å². The van der Waals surface area contributed by atoms with Crippen molar-refractivity contribution in [2.75, 3.05) is 13.1 Å². The van der Waals surface area contributed by atoms with Crippen LogP contribution >= 0.6 is 0 Å². The summed E-state index contributed by atoms with van der Waals surface area (Å²) in [5, 5.41) is 0. The van der Waals surface area contributed by atoms with E-state index in [4.69, 9.17) is 0 Å². The van der Waals surface area contributed by atoms with Crippen LogP contribution in [0, 0.1) is 0 Å². The van der Waals surface area contributed by atoms with E-state index in [1.807, 2.05) is 23.1 Å². The second-order valence-electron chi connectivity index (χ2n) is 7.53. The lowest BCUT2D eigenvalue weighted by Gasteiger charge is -2.11. The first-order valence-corrected chi connectivity index (χ1v) is 11.1. The molecule has 2 heteroatoms. The summed E-state index contributed by atoms with van der Waals surface area (Å²) in [6.45, 7) is 4.12.